The summed E-state index contributed by atoms with van der Waals surface area (Å²) in [6.07, 6.45) is 1.35. The minimum atomic E-state index is -4.02. The topological polar surface area (TPSA) is 114 Å². The number of carboxylic acid groups (broad SMARTS) is 1. The van der Waals surface area contributed by atoms with E-state index in [-0.39, 0.29) is 34.8 Å². The number of carbonyl (C=O) groups is 2. The summed E-state index contributed by atoms with van der Waals surface area (Å²) >= 11 is 0. The van der Waals surface area contributed by atoms with Crippen molar-refractivity contribution < 1.29 is 27.9 Å². The van der Waals surface area contributed by atoms with Crippen LogP contribution in [0.25, 0.3) is 0 Å². The van der Waals surface area contributed by atoms with Gasteiger partial charge in [0.15, 0.2) is 0 Å². The monoisotopic (exact) mass is 365 g/mol. The molecule has 0 bridgehead atoms. The average molecular weight is 365 g/mol. The predicted molar refractivity (Wildman–Crippen MR) is 89.3 cm³/mol. The van der Waals surface area contributed by atoms with Crippen molar-refractivity contribution in [2.45, 2.75) is 36.5 Å². The van der Waals surface area contributed by atoms with E-state index in [4.69, 9.17) is 9.84 Å². The van der Waals surface area contributed by atoms with E-state index in [1.54, 1.807) is 19.9 Å². The van der Waals surface area contributed by atoms with Crippen LogP contribution in [0.15, 0.2) is 40.3 Å². The summed E-state index contributed by atoms with van der Waals surface area (Å²) in [6, 6.07) is 5.81. The molecule has 0 saturated heterocycles. The molecule has 0 atom stereocenters. The molecule has 0 aliphatic carbocycles. The Kier molecular flexibility index (Phi) is 5.63. The molecule has 2 N–H and O–H groups in total. The number of aliphatic carboxylic acids is 1. The Morgan fingerprint density at radius 3 is 2.56 bits per heavy atom. The van der Waals surface area contributed by atoms with Crippen LogP contribution in [0.5, 0.6) is 0 Å². The van der Waals surface area contributed by atoms with Crippen molar-refractivity contribution in [3.05, 3.63) is 47.3 Å². The molecule has 7 nitrogen and oxygen atoms in total. The third-order valence-electron chi connectivity index (χ3n) is 3.64. The number of carboxylic acids is 1. The number of hydrogen-bond donors (Lipinski definition) is 2. The number of carbonyl (C=O) groups excluding carboxylic acids is 1. The van der Waals surface area contributed by atoms with Gasteiger partial charge < -0.3 is 14.8 Å². The summed E-state index contributed by atoms with van der Waals surface area (Å²) in [5.41, 5.74) is 0.715. The number of nitrogens with one attached hydrogen (secondary N) is 1. The molecule has 8 heteroatoms. The predicted octanol–water partition coefficient (Wildman–Crippen LogP) is 2.35. The maximum Gasteiger partial charge on any atom is 0.339 e. The molecule has 25 heavy (non-hydrogen) atoms. The lowest BCUT2D eigenvalue weighted by atomic mass is 10.2. The van der Waals surface area contributed by atoms with Gasteiger partial charge in [-0.05, 0) is 38.0 Å². The SMILES string of the molecule is CCOC(=O)c1ccccc1S(=O)(=O)c1c(CCC(=O)O)c[nH]c1C. The Balaban J connectivity index is 2.56. The summed E-state index contributed by atoms with van der Waals surface area (Å²) in [4.78, 5) is 25.6. The number of benzene rings is 1. The molecule has 1 aromatic carbocycles. The minimum Gasteiger partial charge on any atom is -0.481 e. The molecular formula is C17H19NO6S. The molecule has 0 aliphatic heterocycles. The van der Waals surface area contributed by atoms with Crippen LogP contribution in [0.4, 0.5) is 0 Å². The zero-order chi connectivity index (χ0) is 18.6. The van der Waals surface area contributed by atoms with Gasteiger partial charge in [0.05, 0.1) is 22.0 Å². The maximum atomic E-state index is 13.1. The Hall–Kier alpha value is -2.61. The van der Waals surface area contributed by atoms with Crippen LogP contribution in [0, 0.1) is 6.92 Å². The van der Waals surface area contributed by atoms with Crippen molar-refractivity contribution in [1.82, 2.24) is 4.98 Å². The van der Waals surface area contributed by atoms with Gasteiger partial charge >= 0.3 is 11.9 Å². The van der Waals surface area contributed by atoms with Gasteiger partial charge in [0.2, 0.25) is 9.84 Å². The third-order valence-corrected chi connectivity index (χ3v) is 5.68. The number of H-pyrrole nitrogens is 1. The second-order valence-electron chi connectivity index (χ2n) is 5.38. The van der Waals surface area contributed by atoms with Crippen LogP contribution in [0.3, 0.4) is 0 Å². The van der Waals surface area contributed by atoms with Crippen LogP contribution in [-0.2, 0) is 25.8 Å². The van der Waals surface area contributed by atoms with E-state index in [2.05, 4.69) is 4.98 Å². The summed E-state index contributed by atoms with van der Waals surface area (Å²) in [5.74, 6) is -1.74. The summed E-state index contributed by atoms with van der Waals surface area (Å²) in [6.45, 7) is 3.35. The van der Waals surface area contributed by atoms with E-state index in [0.29, 0.717) is 11.3 Å². The first-order valence-electron chi connectivity index (χ1n) is 7.69. The van der Waals surface area contributed by atoms with Gasteiger partial charge in [0, 0.05) is 18.3 Å². The highest BCUT2D eigenvalue weighted by Crippen LogP contribution is 2.30. The van der Waals surface area contributed by atoms with E-state index in [1.807, 2.05) is 0 Å². The van der Waals surface area contributed by atoms with Gasteiger partial charge in [-0.3, -0.25) is 4.79 Å². The zero-order valence-electron chi connectivity index (χ0n) is 13.9. The molecule has 0 spiro atoms. The first-order valence-corrected chi connectivity index (χ1v) is 9.17. The van der Waals surface area contributed by atoms with Gasteiger partial charge in [-0.25, -0.2) is 13.2 Å². The van der Waals surface area contributed by atoms with Crippen molar-refractivity contribution in [1.29, 1.82) is 0 Å². The number of sulfone groups is 1. The molecule has 134 valence electrons. The number of rotatable bonds is 7. The quantitative estimate of drug-likeness (QED) is 0.728. The molecule has 0 aliphatic rings. The Bertz CT molecular complexity index is 898. The van der Waals surface area contributed by atoms with Crippen molar-refractivity contribution in [3.63, 3.8) is 0 Å². The summed E-state index contributed by atoms with van der Waals surface area (Å²) < 4.78 is 31.2. The Morgan fingerprint density at radius 2 is 1.92 bits per heavy atom. The lowest BCUT2D eigenvalue weighted by molar-refractivity contribution is -0.136. The van der Waals surface area contributed by atoms with Gasteiger partial charge in [-0.2, -0.15) is 0 Å². The molecule has 0 amide bonds. The lowest BCUT2D eigenvalue weighted by Crippen LogP contribution is -2.14. The maximum absolute atomic E-state index is 13.1. The third kappa shape index (κ3) is 3.90. The number of ether oxygens (including phenoxy) is 1. The second-order valence-corrected chi connectivity index (χ2v) is 7.24. The van der Waals surface area contributed by atoms with Gasteiger partial charge in [-0.1, -0.05) is 12.1 Å². The van der Waals surface area contributed by atoms with E-state index >= 15 is 0 Å². The normalized spacial score (nSPS) is 11.3. The fourth-order valence-electron chi connectivity index (χ4n) is 2.56. The van der Waals surface area contributed by atoms with Crippen LogP contribution in [0.1, 0.15) is 35.0 Å². The first kappa shape index (κ1) is 18.7. The van der Waals surface area contributed by atoms with Crippen molar-refractivity contribution in [2.24, 2.45) is 0 Å². The van der Waals surface area contributed by atoms with Gasteiger partial charge in [0.1, 0.15) is 0 Å². The molecule has 0 unspecified atom stereocenters. The molecule has 1 aromatic heterocycles. The molecule has 0 saturated carbocycles. The van der Waals surface area contributed by atoms with Crippen LogP contribution >= 0.6 is 0 Å². The number of hydrogen-bond acceptors (Lipinski definition) is 5. The summed E-state index contributed by atoms with van der Waals surface area (Å²) in [7, 11) is -4.02. The van der Waals surface area contributed by atoms with Crippen LogP contribution < -0.4 is 0 Å². The van der Waals surface area contributed by atoms with Gasteiger partial charge in [0.25, 0.3) is 0 Å². The van der Waals surface area contributed by atoms with Crippen LogP contribution in [0.2, 0.25) is 0 Å². The smallest absolute Gasteiger partial charge is 0.339 e. The number of aromatic amines is 1. The molecule has 0 radical (unpaired) electrons. The zero-order valence-corrected chi connectivity index (χ0v) is 14.7. The Morgan fingerprint density at radius 1 is 1.24 bits per heavy atom. The molecule has 2 aromatic rings. The van der Waals surface area contributed by atoms with Crippen molar-refractivity contribution >= 4 is 21.8 Å². The first-order chi connectivity index (χ1) is 11.8. The summed E-state index contributed by atoms with van der Waals surface area (Å²) in [5, 5.41) is 8.85. The molecule has 1 heterocycles. The number of aryl methyl sites for hydroxylation is 2. The second kappa shape index (κ2) is 7.52. The van der Waals surface area contributed by atoms with E-state index < -0.39 is 21.8 Å². The molecular weight excluding hydrogens is 346 g/mol. The fourth-order valence-corrected chi connectivity index (χ4v) is 4.44. The largest absolute Gasteiger partial charge is 0.481 e. The highest BCUT2D eigenvalue weighted by atomic mass is 32.2. The van der Waals surface area contributed by atoms with Gasteiger partial charge in [-0.15, -0.1) is 0 Å². The van der Waals surface area contributed by atoms with Crippen molar-refractivity contribution in [3.8, 4) is 0 Å². The highest BCUT2D eigenvalue weighted by Gasteiger charge is 2.29. The lowest BCUT2D eigenvalue weighted by Gasteiger charge is -2.11. The molecule has 2 rings (SSSR count). The average Bonchev–Trinajstić information content (AvgIpc) is 2.94. The van der Waals surface area contributed by atoms with E-state index in [0.717, 1.165) is 0 Å². The standard InChI is InChI=1S/C17H19NO6S/c1-3-24-17(21)13-6-4-5-7-14(13)25(22,23)16-11(2)18-10-12(16)8-9-15(19)20/h4-7,10,18H,3,8-9H2,1-2H3,(H,19,20). The van der Waals surface area contributed by atoms with E-state index in [1.165, 1.54) is 24.4 Å². The van der Waals surface area contributed by atoms with E-state index in [9.17, 15) is 18.0 Å². The Labute approximate surface area is 145 Å². The molecule has 0 fully saturated rings. The number of esters is 1. The minimum absolute atomic E-state index is 0.00509. The fraction of sp³-hybridized carbons (Fsp3) is 0.294. The highest BCUT2D eigenvalue weighted by molar-refractivity contribution is 7.91. The van der Waals surface area contributed by atoms with Crippen molar-refractivity contribution in [2.75, 3.05) is 6.61 Å². The number of aromatic nitrogens is 1. The van der Waals surface area contributed by atoms with Crippen LogP contribution in [-0.4, -0.2) is 37.1 Å².